The van der Waals surface area contributed by atoms with Gasteiger partial charge in [-0.3, -0.25) is 0 Å². The Morgan fingerprint density at radius 2 is 1.58 bits per heavy atom. The maximum atomic E-state index is 8.36. The molecule has 0 spiro atoms. The van der Waals surface area contributed by atoms with Gasteiger partial charge >= 0.3 is 21.1 Å². The Balaban J connectivity index is -0.000000142. The summed E-state index contributed by atoms with van der Waals surface area (Å²) in [6.07, 6.45) is 0. The zero-order valence-electron chi connectivity index (χ0n) is 6.36. The molecule has 0 amide bonds. The van der Waals surface area contributed by atoms with Gasteiger partial charge in [-0.15, -0.1) is 23.2 Å². The molecule has 8 heteroatoms. The smallest absolute Gasteiger partial charge is 0.676 e. The van der Waals surface area contributed by atoms with Crippen LogP contribution in [0.15, 0.2) is 0 Å². The Kier molecular flexibility index (Phi) is 25.2. The van der Waals surface area contributed by atoms with Gasteiger partial charge in [-0.25, -0.2) is 0 Å². The summed E-state index contributed by atoms with van der Waals surface area (Å²) in [7, 11) is 0. The van der Waals surface area contributed by atoms with Gasteiger partial charge in [-0.1, -0.05) is 0 Å². The van der Waals surface area contributed by atoms with Crippen LogP contribution in [0.25, 0.3) is 11.5 Å². The van der Waals surface area contributed by atoms with Gasteiger partial charge < -0.3 is 22.0 Å². The van der Waals surface area contributed by atoms with Gasteiger partial charge in [0.25, 0.3) is 5.09 Å². The van der Waals surface area contributed by atoms with Crippen LogP contribution >= 0.6 is 0 Å². The quantitative estimate of drug-likeness (QED) is 0.426. The summed E-state index contributed by atoms with van der Waals surface area (Å²) in [6.45, 7) is 2.28. The van der Waals surface area contributed by atoms with E-state index in [1.54, 1.807) is 0 Å². The molecule has 0 atom stereocenters. The van der Waals surface area contributed by atoms with Crippen molar-refractivity contribution >= 4 is 0 Å². The van der Waals surface area contributed by atoms with Crippen LogP contribution in [0.5, 0.6) is 0 Å². The molecule has 0 bridgehead atoms. The van der Waals surface area contributed by atoms with Crippen molar-refractivity contribution in [3.63, 3.8) is 0 Å². The topological polar surface area (TPSA) is 123 Å². The predicted octanol–water partition coefficient (Wildman–Crippen LogP) is 0.330. The monoisotopic (exact) mass is 359 g/mol. The third kappa shape index (κ3) is 52.9. The first-order valence-corrected chi connectivity index (χ1v) is 2.98. The van der Waals surface area contributed by atoms with Crippen molar-refractivity contribution in [2.75, 3.05) is 26.2 Å². The summed E-state index contributed by atoms with van der Waals surface area (Å²) in [5, 5.41) is 16.5. The first kappa shape index (κ1) is 17.7. The average Bonchev–Trinajstić information content (AvgIpc) is 1.88. The van der Waals surface area contributed by atoms with Crippen molar-refractivity contribution < 1.29 is 31.4 Å². The molecule has 0 rings (SSSR count). The summed E-state index contributed by atoms with van der Waals surface area (Å²) in [4.78, 5) is 8.36. The number of rotatable bonds is 4. The first-order chi connectivity index (χ1) is 5.15. The van der Waals surface area contributed by atoms with Gasteiger partial charge in [-0.05, 0) is 13.1 Å². The number of hydrogen-bond acceptors (Lipinski definition) is 3. The van der Waals surface area contributed by atoms with Crippen LogP contribution in [0, 0.1) is 10.1 Å². The molecule has 0 aliphatic rings. The summed E-state index contributed by atoms with van der Waals surface area (Å²) in [5.74, 6) is 0. The summed E-state index contributed by atoms with van der Waals surface area (Å²) in [6, 6.07) is 0. The molecule has 12 heavy (non-hydrogen) atoms. The second-order valence-electron chi connectivity index (χ2n) is 1.49. The van der Waals surface area contributed by atoms with E-state index in [-0.39, 0.29) is 21.1 Å². The van der Waals surface area contributed by atoms with Crippen LogP contribution in [0.3, 0.4) is 0 Å². The Labute approximate surface area is 84.9 Å². The van der Waals surface area contributed by atoms with E-state index in [2.05, 4.69) is 5.32 Å². The molecule has 0 saturated heterocycles. The normalized spacial score (nSPS) is 7.50. The van der Waals surface area contributed by atoms with Gasteiger partial charge in [0.15, 0.2) is 0 Å². The molecule has 0 saturated carbocycles. The number of nitrogens with one attached hydrogen (secondary N) is 3. The van der Waals surface area contributed by atoms with E-state index in [0.717, 1.165) is 13.1 Å². The SMILES string of the molecule is O=[N+]([O-])O.[NH-]CCNCC[NH-].[Pt+4]. The van der Waals surface area contributed by atoms with Crippen molar-refractivity contribution in [1.82, 2.24) is 5.32 Å². The fraction of sp³-hybridized carbons (Fsp3) is 1.00. The second-order valence-corrected chi connectivity index (χ2v) is 1.49. The van der Waals surface area contributed by atoms with Crippen molar-refractivity contribution in [3.05, 3.63) is 21.6 Å². The molecule has 0 unspecified atom stereocenters. The zero-order chi connectivity index (χ0) is 9.11. The van der Waals surface area contributed by atoms with Crippen LogP contribution in [0.2, 0.25) is 0 Å². The van der Waals surface area contributed by atoms with E-state index in [0.29, 0.717) is 13.1 Å². The van der Waals surface area contributed by atoms with Crippen molar-refractivity contribution in [3.8, 4) is 0 Å². The molecule has 0 aliphatic heterocycles. The molecule has 4 N–H and O–H groups in total. The van der Waals surface area contributed by atoms with Crippen molar-refractivity contribution in [1.29, 1.82) is 0 Å². The minimum absolute atomic E-state index is 0. The molecule has 74 valence electrons. The van der Waals surface area contributed by atoms with Gasteiger partial charge in [-0.2, -0.15) is 0 Å². The van der Waals surface area contributed by atoms with E-state index in [1.165, 1.54) is 0 Å². The van der Waals surface area contributed by atoms with Crippen LogP contribution in [0.1, 0.15) is 0 Å². The van der Waals surface area contributed by atoms with Gasteiger partial charge in [0, 0.05) is 0 Å². The molecule has 0 heterocycles. The van der Waals surface area contributed by atoms with Crippen molar-refractivity contribution in [2.45, 2.75) is 0 Å². The van der Waals surface area contributed by atoms with Crippen molar-refractivity contribution in [2.24, 2.45) is 0 Å². The van der Waals surface area contributed by atoms with Gasteiger partial charge in [0.05, 0.1) is 0 Å². The zero-order valence-corrected chi connectivity index (χ0v) is 8.63. The minimum atomic E-state index is -1.50. The predicted molar refractivity (Wildman–Crippen MR) is 40.0 cm³/mol. The first-order valence-electron chi connectivity index (χ1n) is 2.98. The van der Waals surface area contributed by atoms with E-state index in [9.17, 15) is 0 Å². The molecular weight excluding hydrogens is 347 g/mol. The maximum absolute atomic E-state index is 8.36. The fourth-order valence-corrected chi connectivity index (χ4v) is 0.302. The molecule has 0 fully saturated rings. The number of nitrogens with zero attached hydrogens (tertiary/aromatic N) is 1. The third-order valence-electron chi connectivity index (χ3n) is 0.604. The van der Waals surface area contributed by atoms with Crippen LogP contribution in [-0.2, 0) is 21.1 Å². The Morgan fingerprint density at radius 3 is 1.75 bits per heavy atom. The van der Waals surface area contributed by atoms with Crippen LogP contribution in [0.4, 0.5) is 0 Å². The minimum Gasteiger partial charge on any atom is -0.676 e. The van der Waals surface area contributed by atoms with E-state index >= 15 is 0 Å². The molecule has 0 radical (unpaired) electrons. The molecule has 7 nitrogen and oxygen atoms in total. The third-order valence-corrected chi connectivity index (χ3v) is 0.604. The van der Waals surface area contributed by atoms with E-state index in [4.69, 9.17) is 26.8 Å². The molecule has 0 aromatic heterocycles. The average molecular weight is 359 g/mol. The molecular formula is C4H12N4O3Pt+2. The standard InChI is InChI=1S/C4H11N3.HNO3.Pt/c5-1-3-7-4-2-6;2-1(3)4;/h5-7H,1-4H2;(H,2,3,4);/q-2;;+4. The van der Waals surface area contributed by atoms with Gasteiger partial charge in [0.1, 0.15) is 0 Å². The Bertz CT molecular complexity index is 86.4. The summed E-state index contributed by atoms with van der Waals surface area (Å²) >= 11 is 0. The largest absolute Gasteiger partial charge is 4.00 e. The second kappa shape index (κ2) is 17.0. The molecule has 0 aliphatic carbocycles. The van der Waals surface area contributed by atoms with Gasteiger partial charge in [0.2, 0.25) is 0 Å². The fourth-order valence-electron chi connectivity index (χ4n) is 0.302. The Morgan fingerprint density at radius 1 is 1.33 bits per heavy atom. The maximum Gasteiger partial charge on any atom is 4.00 e. The molecule has 0 aromatic carbocycles. The van der Waals surface area contributed by atoms with E-state index < -0.39 is 5.09 Å². The number of hydrogen-bond donors (Lipinski definition) is 2. The summed E-state index contributed by atoms with van der Waals surface area (Å²) in [5.41, 5.74) is 13.3. The van der Waals surface area contributed by atoms with Crippen LogP contribution < -0.4 is 5.32 Å². The Hall–Kier alpha value is -0.232. The van der Waals surface area contributed by atoms with Crippen LogP contribution in [-0.4, -0.2) is 36.5 Å². The molecule has 0 aromatic rings. The van der Waals surface area contributed by atoms with E-state index in [1.807, 2.05) is 0 Å². The summed E-state index contributed by atoms with van der Waals surface area (Å²) < 4.78 is 0.